The first-order chi connectivity index (χ1) is 18.3. The molecule has 1 fully saturated rings. The number of nitrogens with zero attached hydrogens (tertiary/aromatic N) is 7. The number of alkyl halides is 2. The largest absolute Gasteiger partial charge is 0.461 e. The van der Waals surface area contributed by atoms with E-state index < -0.39 is 18.4 Å². The third-order valence-electron chi connectivity index (χ3n) is 6.72. The molecular formula is C25H28F3N7O3. The first-order valence-electron chi connectivity index (χ1n) is 12.3. The van der Waals surface area contributed by atoms with Crippen LogP contribution in [0.3, 0.4) is 0 Å². The molecule has 38 heavy (non-hydrogen) atoms. The molecule has 0 saturated carbocycles. The molecular weight excluding hydrogens is 503 g/mol. The fourth-order valence-electron chi connectivity index (χ4n) is 4.82. The molecule has 1 aliphatic heterocycles. The number of carbonyl (C=O) groups is 1. The van der Waals surface area contributed by atoms with Gasteiger partial charge in [-0.15, -0.1) is 0 Å². The molecule has 10 nitrogen and oxygen atoms in total. The quantitative estimate of drug-likeness (QED) is 0.337. The zero-order chi connectivity index (χ0) is 27.0. The molecule has 0 spiro atoms. The van der Waals surface area contributed by atoms with Gasteiger partial charge in [-0.25, -0.2) is 19.2 Å². The van der Waals surface area contributed by atoms with E-state index in [2.05, 4.69) is 24.9 Å². The minimum Gasteiger partial charge on any atom is -0.461 e. The van der Waals surface area contributed by atoms with Crippen molar-refractivity contribution in [2.45, 2.75) is 26.4 Å². The number of esters is 1. The van der Waals surface area contributed by atoms with Gasteiger partial charge >= 0.3 is 12.6 Å². The van der Waals surface area contributed by atoms with E-state index in [9.17, 15) is 13.6 Å². The highest BCUT2D eigenvalue weighted by Crippen LogP contribution is 2.37. The Morgan fingerprint density at radius 3 is 2.63 bits per heavy atom. The van der Waals surface area contributed by atoms with Gasteiger partial charge in [-0.3, -0.25) is 4.68 Å². The van der Waals surface area contributed by atoms with Gasteiger partial charge in [-0.05, 0) is 50.6 Å². The highest BCUT2D eigenvalue weighted by molar-refractivity contribution is 5.91. The number of aromatic nitrogens is 4. The van der Waals surface area contributed by atoms with E-state index in [1.807, 2.05) is 7.05 Å². The molecule has 0 amide bonds. The van der Waals surface area contributed by atoms with Crippen molar-refractivity contribution >= 4 is 23.3 Å². The second-order valence-electron chi connectivity index (χ2n) is 9.15. The Labute approximate surface area is 217 Å². The molecule has 2 aromatic heterocycles. The number of hydrogen-bond acceptors (Lipinski definition) is 9. The maximum atomic E-state index is 15.1. The van der Waals surface area contributed by atoms with Gasteiger partial charge in [0.25, 0.3) is 5.95 Å². The lowest BCUT2D eigenvalue weighted by Crippen LogP contribution is -2.44. The minimum atomic E-state index is -3.26. The van der Waals surface area contributed by atoms with E-state index in [1.54, 1.807) is 20.0 Å². The Morgan fingerprint density at radius 1 is 1.16 bits per heavy atom. The van der Waals surface area contributed by atoms with E-state index >= 15 is 4.39 Å². The lowest BCUT2D eigenvalue weighted by molar-refractivity contribution is -0.130. The summed E-state index contributed by atoms with van der Waals surface area (Å²) in [5.41, 5.74) is 2.94. The monoisotopic (exact) mass is 531 g/mol. The van der Waals surface area contributed by atoms with Crippen molar-refractivity contribution in [3.05, 3.63) is 47.0 Å². The molecule has 202 valence electrons. The third kappa shape index (κ3) is 4.90. The number of anilines is 3. The van der Waals surface area contributed by atoms with Crippen molar-refractivity contribution in [2.24, 2.45) is 7.05 Å². The molecule has 0 bridgehead atoms. The highest BCUT2D eigenvalue weighted by Gasteiger charge is 2.31. The van der Waals surface area contributed by atoms with Gasteiger partial charge in [0.1, 0.15) is 11.5 Å². The van der Waals surface area contributed by atoms with Crippen LogP contribution in [0.4, 0.5) is 30.5 Å². The van der Waals surface area contributed by atoms with Gasteiger partial charge in [0.15, 0.2) is 5.69 Å². The maximum Gasteiger partial charge on any atom is 0.365 e. The molecule has 3 aromatic rings. The minimum absolute atomic E-state index is 0.182. The van der Waals surface area contributed by atoms with Crippen molar-refractivity contribution in [2.75, 3.05) is 49.8 Å². The van der Waals surface area contributed by atoms with Crippen LogP contribution < -0.4 is 9.96 Å². The van der Waals surface area contributed by atoms with Gasteiger partial charge in [0, 0.05) is 50.7 Å². The SMILES string of the molecule is CCOC(=O)c1nn(C)c2c1CCc1cnc(N(OC(F)F)c3cc(N4CCN(C)CC4)ccc3F)nc1-2. The summed E-state index contributed by atoms with van der Waals surface area (Å²) in [6, 6.07) is 4.28. The number of halogens is 3. The van der Waals surface area contributed by atoms with Crippen LogP contribution in [-0.2, 0) is 29.5 Å². The number of aryl methyl sites for hydroxylation is 2. The zero-order valence-corrected chi connectivity index (χ0v) is 21.3. The predicted molar refractivity (Wildman–Crippen MR) is 133 cm³/mol. The number of benzene rings is 1. The van der Waals surface area contributed by atoms with Crippen LogP contribution in [-0.4, -0.2) is 77.1 Å². The van der Waals surface area contributed by atoms with Crippen LogP contribution in [0.5, 0.6) is 0 Å². The Hall–Kier alpha value is -3.71. The Bertz CT molecular complexity index is 1340. The van der Waals surface area contributed by atoms with Crippen molar-refractivity contribution in [3.63, 3.8) is 0 Å². The van der Waals surface area contributed by atoms with Crippen molar-refractivity contribution in [3.8, 4) is 11.4 Å². The number of rotatable bonds is 7. The van der Waals surface area contributed by atoms with Crippen LogP contribution in [0, 0.1) is 5.82 Å². The standard InChI is InChI=1S/C25H28F3N7O3/c1-4-37-23(36)21-17-7-5-15-14-29-25(30-20(15)22(17)33(3)31-21)35(38-24(27)28)19-13-16(6-8-18(19)26)34-11-9-32(2)10-12-34/h6,8,13-14,24H,4-5,7,9-12H2,1-3H3. The van der Waals surface area contributed by atoms with E-state index in [0.717, 1.165) is 18.7 Å². The molecule has 1 aromatic carbocycles. The van der Waals surface area contributed by atoms with Gasteiger partial charge in [-0.2, -0.15) is 23.8 Å². The summed E-state index contributed by atoms with van der Waals surface area (Å²) >= 11 is 0. The van der Waals surface area contributed by atoms with E-state index in [0.29, 0.717) is 53.6 Å². The fraction of sp³-hybridized carbons (Fsp3) is 0.440. The lowest BCUT2D eigenvalue weighted by Gasteiger charge is -2.34. The van der Waals surface area contributed by atoms with E-state index in [1.165, 1.54) is 23.0 Å². The second-order valence-corrected chi connectivity index (χ2v) is 9.15. The number of likely N-dealkylation sites (N-methyl/N-ethyl adjacent to an activating group) is 1. The number of piperazine rings is 1. The first-order valence-corrected chi connectivity index (χ1v) is 12.3. The van der Waals surface area contributed by atoms with Gasteiger partial charge in [-0.1, -0.05) is 0 Å². The molecule has 1 aliphatic carbocycles. The van der Waals surface area contributed by atoms with Crippen LogP contribution in [0.15, 0.2) is 24.4 Å². The summed E-state index contributed by atoms with van der Waals surface area (Å²) in [4.78, 5) is 30.2. The van der Waals surface area contributed by atoms with Crippen LogP contribution in [0.1, 0.15) is 28.5 Å². The summed E-state index contributed by atoms with van der Waals surface area (Å²) in [7, 11) is 3.67. The molecule has 13 heteroatoms. The molecule has 5 rings (SSSR count). The number of fused-ring (bicyclic) bond motifs is 3. The van der Waals surface area contributed by atoms with E-state index in [-0.39, 0.29) is 23.9 Å². The summed E-state index contributed by atoms with van der Waals surface area (Å²) in [6.07, 6.45) is 2.51. The Kier molecular flexibility index (Phi) is 7.21. The zero-order valence-electron chi connectivity index (χ0n) is 21.3. The van der Waals surface area contributed by atoms with Gasteiger partial charge in [0.05, 0.1) is 18.0 Å². The topological polar surface area (TPSA) is 88.8 Å². The van der Waals surface area contributed by atoms with Crippen LogP contribution in [0.2, 0.25) is 0 Å². The Balaban J connectivity index is 1.56. The highest BCUT2D eigenvalue weighted by atomic mass is 19.3. The number of ether oxygens (including phenoxy) is 1. The summed E-state index contributed by atoms with van der Waals surface area (Å²) < 4.78 is 48.9. The molecule has 3 heterocycles. The van der Waals surface area contributed by atoms with Gasteiger partial charge < -0.3 is 14.5 Å². The van der Waals surface area contributed by atoms with E-state index in [4.69, 9.17) is 9.57 Å². The molecule has 1 saturated heterocycles. The summed E-state index contributed by atoms with van der Waals surface area (Å²) in [5.74, 6) is -1.59. The van der Waals surface area contributed by atoms with Crippen molar-refractivity contribution in [1.82, 2.24) is 24.6 Å². The lowest BCUT2D eigenvalue weighted by atomic mass is 9.93. The molecule has 0 atom stereocenters. The predicted octanol–water partition coefficient (Wildman–Crippen LogP) is 3.34. The van der Waals surface area contributed by atoms with Crippen molar-refractivity contribution < 1.29 is 27.5 Å². The number of carbonyl (C=O) groups excluding carboxylic acids is 1. The molecule has 0 unspecified atom stereocenters. The smallest absolute Gasteiger partial charge is 0.365 e. The molecule has 0 N–H and O–H groups in total. The molecule has 0 radical (unpaired) electrons. The second kappa shape index (κ2) is 10.6. The first kappa shape index (κ1) is 25.9. The maximum absolute atomic E-state index is 15.1. The summed E-state index contributed by atoms with van der Waals surface area (Å²) in [6.45, 7) is 1.70. The average Bonchev–Trinajstić information content (AvgIpc) is 3.25. The molecule has 2 aliphatic rings. The summed E-state index contributed by atoms with van der Waals surface area (Å²) in [5, 5.41) is 4.94. The van der Waals surface area contributed by atoms with Crippen LogP contribution in [0.25, 0.3) is 11.4 Å². The van der Waals surface area contributed by atoms with Crippen LogP contribution >= 0.6 is 0 Å². The number of hydrogen-bond donors (Lipinski definition) is 0. The average molecular weight is 532 g/mol. The Morgan fingerprint density at radius 2 is 1.92 bits per heavy atom. The third-order valence-corrected chi connectivity index (χ3v) is 6.72. The van der Waals surface area contributed by atoms with Gasteiger partial charge in [0.2, 0.25) is 0 Å². The van der Waals surface area contributed by atoms with Crippen molar-refractivity contribution in [1.29, 1.82) is 0 Å². The normalized spacial score (nSPS) is 15.4. The fourth-order valence-corrected chi connectivity index (χ4v) is 4.82.